The summed E-state index contributed by atoms with van der Waals surface area (Å²) in [5, 5.41) is 0. The highest BCUT2D eigenvalue weighted by Gasteiger charge is 2.24. The lowest BCUT2D eigenvalue weighted by molar-refractivity contribution is -0.119. The summed E-state index contributed by atoms with van der Waals surface area (Å²) < 4.78 is 6.12. The molecule has 0 bridgehead atoms. The Bertz CT molecular complexity index is 761. The molecule has 0 aliphatic carbocycles. The van der Waals surface area contributed by atoms with Crippen LogP contribution in [0.4, 0.5) is 0 Å². The first-order valence-corrected chi connectivity index (χ1v) is 11.9. The minimum absolute atomic E-state index is 0.319. The smallest absolute Gasteiger partial charge is 0.137 e. The summed E-state index contributed by atoms with van der Waals surface area (Å²) in [5.41, 5.74) is 5.02. The number of carbonyl (C=O) groups is 1. The zero-order valence-electron chi connectivity index (χ0n) is 20.3. The van der Waals surface area contributed by atoms with Crippen LogP contribution in [-0.2, 0) is 17.8 Å². The maximum Gasteiger partial charge on any atom is 0.137 e. The molecule has 1 heterocycles. The number of fused-ring (bicyclic) bond motifs is 2. The van der Waals surface area contributed by atoms with Crippen molar-refractivity contribution in [2.45, 2.75) is 93.1 Å². The fourth-order valence-electron chi connectivity index (χ4n) is 3.91. The highest BCUT2D eigenvalue weighted by molar-refractivity contribution is 5.81. The predicted molar refractivity (Wildman–Crippen MR) is 129 cm³/mol. The summed E-state index contributed by atoms with van der Waals surface area (Å²) in [6.07, 6.45) is 4.66. The van der Waals surface area contributed by atoms with Crippen molar-refractivity contribution in [2.24, 2.45) is 5.92 Å². The van der Waals surface area contributed by atoms with Gasteiger partial charge in [-0.15, -0.1) is 0 Å². The van der Waals surface area contributed by atoms with Gasteiger partial charge < -0.3 is 4.74 Å². The second kappa shape index (κ2) is 14.0. The van der Waals surface area contributed by atoms with Crippen molar-refractivity contribution in [3.63, 3.8) is 0 Å². The monoisotopic (exact) mass is 410 g/mol. The minimum Gasteiger partial charge on any atom is -0.489 e. The molecule has 3 rings (SSSR count). The lowest BCUT2D eigenvalue weighted by Crippen LogP contribution is -2.08. The standard InChI is InChI=1S/C24H30O2.2C2H6/c1-4-5-9-22-21-10-7-6-8-19(21)16-26-24-12-11-18(15-23(22)24)14-20(25)13-17(2)3;2*1-2/h6-8,10-12,15,17,22H,4-5,9,13-14,16H2,1-3H3;2*1-2H3. The SMILES string of the molecule is CC.CC.CCCCC1c2ccccc2COc2ccc(CC(=O)CC(C)C)cc21. The molecule has 0 saturated carbocycles. The van der Waals surface area contributed by atoms with E-state index in [-0.39, 0.29) is 0 Å². The lowest BCUT2D eigenvalue weighted by atomic mass is 9.84. The average Bonchev–Trinajstić information content (AvgIpc) is 2.91. The van der Waals surface area contributed by atoms with Crippen LogP contribution >= 0.6 is 0 Å². The Balaban J connectivity index is 0.00000106. The van der Waals surface area contributed by atoms with E-state index in [0.717, 1.165) is 17.7 Å². The van der Waals surface area contributed by atoms with Crippen LogP contribution in [0.3, 0.4) is 0 Å². The number of carbonyl (C=O) groups excluding carboxylic acids is 1. The Labute approximate surface area is 185 Å². The van der Waals surface area contributed by atoms with Crippen LogP contribution in [0.1, 0.15) is 102 Å². The van der Waals surface area contributed by atoms with Crippen LogP contribution in [-0.4, -0.2) is 5.78 Å². The van der Waals surface area contributed by atoms with Gasteiger partial charge in [0.25, 0.3) is 0 Å². The Morgan fingerprint density at radius 1 is 1.03 bits per heavy atom. The number of hydrogen-bond donors (Lipinski definition) is 0. The molecular formula is C28H42O2. The van der Waals surface area contributed by atoms with Crippen LogP contribution in [0.15, 0.2) is 42.5 Å². The van der Waals surface area contributed by atoms with Crippen LogP contribution < -0.4 is 4.74 Å². The quantitative estimate of drug-likeness (QED) is 0.461. The van der Waals surface area contributed by atoms with Crippen LogP contribution in [0.2, 0.25) is 0 Å². The van der Waals surface area contributed by atoms with Crippen LogP contribution in [0.25, 0.3) is 0 Å². The second-order valence-corrected chi connectivity index (χ2v) is 7.87. The van der Waals surface area contributed by atoms with Crippen molar-refractivity contribution in [1.29, 1.82) is 0 Å². The Morgan fingerprint density at radius 2 is 1.73 bits per heavy atom. The van der Waals surface area contributed by atoms with E-state index in [1.165, 1.54) is 29.5 Å². The van der Waals surface area contributed by atoms with Crippen molar-refractivity contribution in [1.82, 2.24) is 0 Å². The van der Waals surface area contributed by atoms with E-state index in [9.17, 15) is 4.79 Å². The molecule has 0 N–H and O–H groups in total. The molecular weight excluding hydrogens is 368 g/mol. The summed E-state index contributed by atoms with van der Waals surface area (Å²) in [6, 6.07) is 15.0. The first kappa shape index (κ1) is 25.9. The van der Waals surface area contributed by atoms with E-state index in [1.54, 1.807) is 0 Å². The van der Waals surface area contributed by atoms with Gasteiger partial charge in [-0.25, -0.2) is 0 Å². The van der Waals surface area contributed by atoms with Gasteiger partial charge in [-0.2, -0.15) is 0 Å². The Hall–Kier alpha value is -2.09. The largest absolute Gasteiger partial charge is 0.489 e. The Kier molecular flexibility index (Phi) is 12.1. The third-order valence-electron chi connectivity index (χ3n) is 5.15. The minimum atomic E-state index is 0.319. The van der Waals surface area contributed by atoms with E-state index < -0.39 is 0 Å². The van der Waals surface area contributed by atoms with Gasteiger partial charge in [0.2, 0.25) is 0 Å². The van der Waals surface area contributed by atoms with Crippen molar-refractivity contribution < 1.29 is 9.53 Å². The molecule has 2 aromatic rings. The van der Waals surface area contributed by atoms with Gasteiger partial charge >= 0.3 is 0 Å². The van der Waals surface area contributed by atoms with E-state index >= 15 is 0 Å². The molecule has 1 aliphatic heterocycles. The molecule has 2 heteroatoms. The number of hydrogen-bond acceptors (Lipinski definition) is 2. The highest BCUT2D eigenvalue weighted by Crippen LogP contribution is 2.40. The first-order chi connectivity index (χ1) is 14.6. The zero-order chi connectivity index (χ0) is 22.5. The van der Waals surface area contributed by atoms with E-state index in [0.29, 0.717) is 37.1 Å². The Morgan fingerprint density at radius 3 is 2.40 bits per heavy atom. The molecule has 0 saturated heterocycles. The molecule has 0 radical (unpaired) electrons. The van der Waals surface area contributed by atoms with Crippen LogP contribution in [0, 0.1) is 5.92 Å². The summed E-state index contributed by atoms with van der Waals surface area (Å²) in [5.74, 6) is 2.06. The number of ketones is 1. The van der Waals surface area contributed by atoms with Crippen molar-refractivity contribution >= 4 is 5.78 Å². The predicted octanol–water partition coefficient (Wildman–Crippen LogP) is 8.11. The molecule has 0 fully saturated rings. The fraction of sp³-hybridized carbons (Fsp3) is 0.536. The number of ether oxygens (including phenoxy) is 1. The van der Waals surface area contributed by atoms with Gasteiger partial charge in [-0.1, -0.05) is 97.7 Å². The summed E-state index contributed by atoms with van der Waals surface area (Å²) >= 11 is 0. The number of unbranched alkanes of at least 4 members (excludes halogenated alkanes) is 1. The van der Waals surface area contributed by atoms with Gasteiger partial charge in [0.1, 0.15) is 18.1 Å². The molecule has 30 heavy (non-hydrogen) atoms. The maximum absolute atomic E-state index is 12.3. The molecule has 166 valence electrons. The summed E-state index contributed by atoms with van der Waals surface area (Å²) in [6.45, 7) is 15.1. The highest BCUT2D eigenvalue weighted by atomic mass is 16.5. The van der Waals surface area contributed by atoms with Crippen molar-refractivity contribution in [3.8, 4) is 5.75 Å². The van der Waals surface area contributed by atoms with Crippen LogP contribution in [0.5, 0.6) is 5.75 Å². The van der Waals surface area contributed by atoms with Gasteiger partial charge in [-0.3, -0.25) is 4.79 Å². The molecule has 1 unspecified atom stereocenters. The third kappa shape index (κ3) is 7.31. The second-order valence-electron chi connectivity index (χ2n) is 7.87. The number of Topliss-reactive ketones (excluding diaryl/α,β-unsaturated/α-hetero) is 1. The van der Waals surface area contributed by atoms with E-state index in [4.69, 9.17) is 4.74 Å². The zero-order valence-corrected chi connectivity index (χ0v) is 20.3. The molecule has 2 nitrogen and oxygen atoms in total. The topological polar surface area (TPSA) is 26.3 Å². The molecule has 1 atom stereocenters. The van der Waals surface area contributed by atoms with Gasteiger partial charge in [0, 0.05) is 24.3 Å². The van der Waals surface area contributed by atoms with E-state index in [2.05, 4.69) is 63.2 Å². The van der Waals surface area contributed by atoms with Crippen molar-refractivity contribution in [3.05, 3.63) is 64.7 Å². The summed E-state index contributed by atoms with van der Waals surface area (Å²) in [7, 11) is 0. The lowest BCUT2D eigenvalue weighted by Gasteiger charge is -2.20. The summed E-state index contributed by atoms with van der Waals surface area (Å²) in [4.78, 5) is 12.3. The number of rotatable bonds is 7. The molecule has 0 spiro atoms. The van der Waals surface area contributed by atoms with Gasteiger partial charge in [0.15, 0.2) is 0 Å². The molecule has 2 aromatic carbocycles. The number of benzene rings is 2. The van der Waals surface area contributed by atoms with Gasteiger partial charge in [0.05, 0.1) is 0 Å². The molecule has 0 amide bonds. The average molecular weight is 411 g/mol. The molecule has 1 aliphatic rings. The molecule has 0 aromatic heterocycles. The first-order valence-electron chi connectivity index (χ1n) is 11.9. The maximum atomic E-state index is 12.3. The van der Waals surface area contributed by atoms with Gasteiger partial charge in [-0.05, 0) is 35.1 Å². The third-order valence-corrected chi connectivity index (χ3v) is 5.15. The normalized spacial score (nSPS) is 14.1. The van der Waals surface area contributed by atoms with E-state index in [1.807, 2.05) is 27.7 Å². The van der Waals surface area contributed by atoms with Crippen molar-refractivity contribution in [2.75, 3.05) is 0 Å². The fourth-order valence-corrected chi connectivity index (χ4v) is 3.91.